The molecule has 2 heterocycles. The lowest BCUT2D eigenvalue weighted by molar-refractivity contribution is 0.310. The number of hydrogen-bond acceptors (Lipinski definition) is 2. The summed E-state index contributed by atoms with van der Waals surface area (Å²) >= 11 is 3.50. The van der Waals surface area contributed by atoms with Crippen LogP contribution in [0.15, 0.2) is 53.5 Å². The third kappa shape index (κ3) is 2.70. The molecule has 0 radical (unpaired) electrons. The van der Waals surface area contributed by atoms with Gasteiger partial charge >= 0.3 is 0 Å². The average molecular weight is 333 g/mol. The van der Waals surface area contributed by atoms with Gasteiger partial charge in [-0.15, -0.1) is 0 Å². The fourth-order valence-electron chi connectivity index (χ4n) is 2.15. The van der Waals surface area contributed by atoms with Crippen LogP contribution in [0.4, 0.5) is 0 Å². The summed E-state index contributed by atoms with van der Waals surface area (Å²) in [6.45, 7) is 7.74. The Labute approximate surface area is 127 Å². The molecule has 20 heavy (non-hydrogen) atoms. The molecule has 2 aromatic heterocycles. The molecular formula is C16H17BrN2O. The van der Waals surface area contributed by atoms with Gasteiger partial charge in [0, 0.05) is 22.4 Å². The van der Waals surface area contributed by atoms with Gasteiger partial charge < -0.3 is 9.14 Å². The Morgan fingerprint density at radius 3 is 2.80 bits per heavy atom. The molecule has 0 spiro atoms. The minimum atomic E-state index is 0.782. The van der Waals surface area contributed by atoms with Crippen LogP contribution in [0.5, 0.6) is 0 Å². The van der Waals surface area contributed by atoms with Gasteiger partial charge in [0.25, 0.3) is 0 Å². The first-order valence-electron chi connectivity index (χ1n) is 6.29. The maximum absolute atomic E-state index is 5.41. The smallest absolute Gasteiger partial charge is 0.140 e. The van der Waals surface area contributed by atoms with Crippen molar-refractivity contribution in [3.05, 3.63) is 64.8 Å². The Balaban J connectivity index is 2.64. The fourth-order valence-corrected chi connectivity index (χ4v) is 2.71. The average Bonchev–Trinajstić information content (AvgIpc) is 2.83. The molecule has 3 nitrogen and oxygen atoms in total. The number of pyridine rings is 1. The highest BCUT2D eigenvalue weighted by molar-refractivity contribution is 9.10. The maximum atomic E-state index is 5.41. The monoisotopic (exact) mass is 332 g/mol. The van der Waals surface area contributed by atoms with Crippen molar-refractivity contribution in [1.29, 1.82) is 0 Å². The minimum Gasteiger partial charge on any atom is -0.496 e. The van der Waals surface area contributed by atoms with Crippen molar-refractivity contribution >= 4 is 27.2 Å². The molecule has 0 fully saturated rings. The summed E-state index contributed by atoms with van der Waals surface area (Å²) < 4.78 is 8.44. The van der Waals surface area contributed by atoms with E-state index in [1.54, 1.807) is 13.2 Å². The van der Waals surface area contributed by atoms with Crippen LogP contribution in [0, 0.1) is 6.92 Å². The Morgan fingerprint density at radius 2 is 2.20 bits per heavy atom. The molecule has 0 bridgehead atoms. The van der Waals surface area contributed by atoms with Crippen LogP contribution in [-0.2, 0) is 4.74 Å². The van der Waals surface area contributed by atoms with Gasteiger partial charge in [0.05, 0.1) is 12.8 Å². The highest BCUT2D eigenvalue weighted by atomic mass is 79.9. The quantitative estimate of drug-likeness (QED) is 0.607. The highest BCUT2D eigenvalue weighted by Crippen LogP contribution is 2.25. The number of methoxy groups -OCH3 is 1. The van der Waals surface area contributed by atoms with Crippen LogP contribution in [0.1, 0.15) is 18.2 Å². The van der Waals surface area contributed by atoms with Gasteiger partial charge in [0.15, 0.2) is 0 Å². The number of aromatic nitrogens is 2. The largest absolute Gasteiger partial charge is 0.496 e. The molecule has 0 aliphatic rings. The third-order valence-electron chi connectivity index (χ3n) is 3.01. The van der Waals surface area contributed by atoms with E-state index in [1.807, 2.05) is 42.8 Å². The van der Waals surface area contributed by atoms with Crippen LogP contribution in [0.3, 0.4) is 0 Å². The lowest BCUT2D eigenvalue weighted by Gasteiger charge is -2.07. The summed E-state index contributed by atoms with van der Waals surface area (Å²) in [6, 6.07) is 2.05. The molecule has 2 aromatic rings. The Morgan fingerprint density at radius 1 is 1.45 bits per heavy atom. The van der Waals surface area contributed by atoms with Gasteiger partial charge in [-0.1, -0.05) is 12.7 Å². The first-order chi connectivity index (χ1) is 9.60. The molecule has 0 unspecified atom stereocenters. The summed E-state index contributed by atoms with van der Waals surface area (Å²) in [4.78, 5) is 4.69. The number of imidazole rings is 1. The molecule has 4 heteroatoms. The van der Waals surface area contributed by atoms with Crippen LogP contribution in [0.25, 0.3) is 11.2 Å². The molecule has 0 atom stereocenters. The molecule has 0 aliphatic carbocycles. The van der Waals surface area contributed by atoms with Crippen molar-refractivity contribution in [3.63, 3.8) is 0 Å². The summed E-state index contributed by atoms with van der Waals surface area (Å²) in [7, 11) is 1.66. The minimum absolute atomic E-state index is 0.782. The van der Waals surface area contributed by atoms with Crippen molar-refractivity contribution < 1.29 is 4.74 Å². The van der Waals surface area contributed by atoms with E-state index in [-0.39, 0.29) is 0 Å². The van der Waals surface area contributed by atoms with E-state index in [0.717, 1.165) is 32.7 Å². The van der Waals surface area contributed by atoms with Crippen molar-refractivity contribution in [2.75, 3.05) is 7.11 Å². The molecule has 0 saturated heterocycles. The second-order valence-corrected chi connectivity index (χ2v) is 5.29. The second-order valence-electron chi connectivity index (χ2n) is 4.37. The number of aryl methyl sites for hydroxylation is 1. The van der Waals surface area contributed by atoms with Gasteiger partial charge in [-0.25, -0.2) is 4.98 Å². The van der Waals surface area contributed by atoms with Gasteiger partial charge in [0.1, 0.15) is 11.4 Å². The molecule has 0 saturated carbocycles. The number of ether oxygens (including phenoxy) is 1. The van der Waals surface area contributed by atoms with Gasteiger partial charge in [-0.05, 0) is 53.6 Å². The van der Waals surface area contributed by atoms with Crippen LogP contribution >= 0.6 is 15.9 Å². The maximum Gasteiger partial charge on any atom is 0.140 e. The number of fused-ring (bicyclic) bond motifs is 1. The normalized spacial score (nSPS) is 12.8. The van der Waals surface area contributed by atoms with E-state index in [1.165, 1.54) is 0 Å². The van der Waals surface area contributed by atoms with E-state index >= 15 is 0 Å². The second kappa shape index (κ2) is 6.09. The lowest BCUT2D eigenvalue weighted by Crippen LogP contribution is -1.92. The molecule has 0 N–H and O–H groups in total. The van der Waals surface area contributed by atoms with Crippen molar-refractivity contribution in [1.82, 2.24) is 9.38 Å². The molecule has 0 amide bonds. The van der Waals surface area contributed by atoms with Crippen molar-refractivity contribution in [3.8, 4) is 0 Å². The fraction of sp³-hybridized carbons (Fsp3) is 0.188. The summed E-state index contributed by atoms with van der Waals surface area (Å²) in [6.07, 6.45) is 9.55. The lowest BCUT2D eigenvalue weighted by atomic mass is 10.1. The number of rotatable bonds is 4. The number of nitrogens with zero attached hydrogens (tertiary/aromatic N) is 2. The number of halogens is 1. The zero-order valence-corrected chi connectivity index (χ0v) is 13.4. The van der Waals surface area contributed by atoms with Crippen molar-refractivity contribution in [2.24, 2.45) is 0 Å². The van der Waals surface area contributed by atoms with Gasteiger partial charge in [-0.2, -0.15) is 0 Å². The number of hydrogen-bond donors (Lipinski definition) is 0. The van der Waals surface area contributed by atoms with Gasteiger partial charge in [0.2, 0.25) is 0 Å². The van der Waals surface area contributed by atoms with Crippen LogP contribution in [0.2, 0.25) is 0 Å². The highest BCUT2D eigenvalue weighted by Gasteiger charge is 2.12. The first-order valence-corrected chi connectivity index (χ1v) is 7.08. The van der Waals surface area contributed by atoms with E-state index in [4.69, 9.17) is 9.72 Å². The molecule has 0 aliphatic heterocycles. The summed E-state index contributed by atoms with van der Waals surface area (Å²) in [5.41, 5.74) is 3.83. The predicted octanol–water partition coefficient (Wildman–Crippen LogP) is 4.52. The van der Waals surface area contributed by atoms with E-state index in [0.29, 0.717) is 0 Å². The predicted molar refractivity (Wildman–Crippen MR) is 86.6 cm³/mol. The molecular weight excluding hydrogens is 316 g/mol. The third-order valence-corrected chi connectivity index (χ3v) is 3.44. The summed E-state index contributed by atoms with van der Waals surface area (Å²) in [5.74, 6) is 0.782. The van der Waals surface area contributed by atoms with E-state index < -0.39 is 0 Å². The Kier molecular flexibility index (Phi) is 4.45. The zero-order chi connectivity index (χ0) is 14.7. The van der Waals surface area contributed by atoms with E-state index in [2.05, 4.69) is 28.6 Å². The molecule has 0 aromatic carbocycles. The molecule has 104 valence electrons. The Bertz CT molecular complexity index is 711. The van der Waals surface area contributed by atoms with Crippen LogP contribution < -0.4 is 0 Å². The van der Waals surface area contributed by atoms with Crippen molar-refractivity contribution in [2.45, 2.75) is 13.8 Å². The summed E-state index contributed by atoms with van der Waals surface area (Å²) in [5, 5.41) is 0. The molecule has 2 rings (SSSR count). The van der Waals surface area contributed by atoms with E-state index in [9.17, 15) is 0 Å². The number of allylic oxidation sites excluding steroid dienone is 4. The standard InChI is InChI=1S/C16H17BrN2O/c1-5-7-13(15(6-2)20-4)14-10-19-9-12(17)8-11(3)16(19)18-14/h5-10H,1H2,2-4H3/b13-7-,15-6+. The Hall–Kier alpha value is -1.81. The van der Waals surface area contributed by atoms with Crippen LogP contribution in [-0.4, -0.2) is 16.5 Å². The first kappa shape index (κ1) is 14.6. The van der Waals surface area contributed by atoms with Gasteiger partial charge in [-0.3, -0.25) is 0 Å². The zero-order valence-electron chi connectivity index (χ0n) is 11.9. The topological polar surface area (TPSA) is 26.5 Å². The SMILES string of the molecule is C=C/C=C(\C(=C/C)OC)c1cn2cc(Br)cc(C)c2n1.